The van der Waals surface area contributed by atoms with Crippen molar-refractivity contribution in [3.8, 4) is 0 Å². The van der Waals surface area contributed by atoms with Gasteiger partial charge in [0.25, 0.3) is 0 Å². The topological polar surface area (TPSA) is 38.0 Å². The van der Waals surface area contributed by atoms with Gasteiger partial charge in [0.2, 0.25) is 0 Å². The molecule has 2 unspecified atom stereocenters. The van der Waals surface area contributed by atoms with Crippen molar-refractivity contribution in [3.05, 3.63) is 48.6 Å². The highest BCUT2D eigenvalue weighted by atomic mass is 35.5. The second-order valence-electron chi connectivity index (χ2n) is 4.04. The largest absolute Gasteiger partial charge is 0.330 e. The summed E-state index contributed by atoms with van der Waals surface area (Å²) in [7, 11) is 0. The molecule has 3 N–H and O–H groups in total. The Morgan fingerprint density at radius 2 is 2.00 bits per heavy atom. The summed E-state index contributed by atoms with van der Waals surface area (Å²) >= 11 is 5.80. The molecule has 0 saturated carbocycles. The van der Waals surface area contributed by atoms with Crippen LogP contribution in [0.4, 0.5) is 0 Å². The number of nitrogens with two attached hydrogens (primary N) is 1. The number of hydrogen-bond donors (Lipinski definition) is 2. The molecule has 2 nitrogen and oxygen atoms in total. The smallest absolute Gasteiger partial charge is 0.0505 e. The molecule has 17 heavy (non-hydrogen) atoms. The van der Waals surface area contributed by atoms with Gasteiger partial charge in [-0.3, -0.25) is 0 Å². The average molecular weight is 253 g/mol. The van der Waals surface area contributed by atoms with E-state index < -0.39 is 0 Å². The number of benzene rings is 1. The normalized spacial score (nSPS) is 14.2. The fraction of sp³-hybridized carbons (Fsp3) is 0.429. The first-order chi connectivity index (χ1) is 8.31. The summed E-state index contributed by atoms with van der Waals surface area (Å²) in [5, 5.41) is 3.54. The summed E-state index contributed by atoms with van der Waals surface area (Å²) in [6, 6.07) is 10.8. The summed E-state index contributed by atoms with van der Waals surface area (Å²) in [4.78, 5) is 0. The molecule has 0 fully saturated rings. The second-order valence-corrected chi connectivity index (χ2v) is 4.42. The van der Waals surface area contributed by atoms with E-state index in [2.05, 4.69) is 24.0 Å². The van der Waals surface area contributed by atoms with Crippen molar-refractivity contribution in [2.75, 3.05) is 12.4 Å². The van der Waals surface area contributed by atoms with Crippen LogP contribution in [-0.4, -0.2) is 18.5 Å². The minimum Gasteiger partial charge on any atom is -0.330 e. The zero-order valence-corrected chi connectivity index (χ0v) is 10.9. The Morgan fingerprint density at radius 1 is 1.29 bits per heavy atom. The molecule has 0 spiro atoms. The molecule has 0 bridgehead atoms. The van der Waals surface area contributed by atoms with Gasteiger partial charge < -0.3 is 11.1 Å². The van der Waals surface area contributed by atoms with E-state index in [0.717, 1.165) is 12.8 Å². The molecule has 1 rings (SSSR count). The van der Waals surface area contributed by atoms with Crippen LogP contribution in [0.5, 0.6) is 0 Å². The van der Waals surface area contributed by atoms with Crippen molar-refractivity contribution in [2.24, 2.45) is 5.73 Å². The first-order valence-electron chi connectivity index (χ1n) is 6.01. The first kappa shape index (κ1) is 14.2. The van der Waals surface area contributed by atoms with Crippen LogP contribution in [0.25, 0.3) is 0 Å². The van der Waals surface area contributed by atoms with Gasteiger partial charge >= 0.3 is 0 Å². The molecule has 0 aliphatic heterocycles. The fourth-order valence-corrected chi connectivity index (χ4v) is 2.12. The van der Waals surface area contributed by atoms with E-state index in [1.807, 2.05) is 24.3 Å². The quantitative estimate of drug-likeness (QED) is 0.552. The van der Waals surface area contributed by atoms with Gasteiger partial charge in [0.05, 0.1) is 6.04 Å². The van der Waals surface area contributed by atoms with Crippen molar-refractivity contribution in [3.63, 3.8) is 0 Å². The molecule has 0 saturated heterocycles. The van der Waals surface area contributed by atoms with Gasteiger partial charge in [0, 0.05) is 11.9 Å². The lowest BCUT2D eigenvalue weighted by Gasteiger charge is -2.23. The van der Waals surface area contributed by atoms with Crippen LogP contribution in [0.2, 0.25) is 0 Å². The summed E-state index contributed by atoms with van der Waals surface area (Å²) in [5.41, 5.74) is 6.83. The molecule has 2 atom stereocenters. The van der Waals surface area contributed by atoms with Gasteiger partial charge in [-0.25, -0.2) is 0 Å². The van der Waals surface area contributed by atoms with Crippen LogP contribution in [0.3, 0.4) is 0 Å². The van der Waals surface area contributed by atoms with Crippen LogP contribution in [0.1, 0.15) is 24.4 Å². The van der Waals surface area contributed by atoms with E-state index in [4.69, 9.17) is 17.3 Å². The Morgan fingerprint density at radius 3 is 2.53 bits per heavy atom. The van der Waals surface area contributed by atoms with Gasteiger partial charge in [-0.1, -0.05) is 36.4 Å². The lowest BCUT2D eigenvalue weighted by Crippen LogP contribution is -2.34. The van der Waals surface area contributed by atoms with Crippen LogP contribution < -0.4 is 11.1 Å². The van der Waals surface area contributed by atoms with E-state index in [9.17, 15) is 0 Å². The molecule has 0 radical (unpaired) electrons. The lowest BCUT2D eigenvalue weighted by atomic mass is 10.0. The van der Waals surface area contributed by atoms with Crippen LogP contribution in [0, 0.1) is 0 Å². The molecular weight excluding hydrogens is 232 g/mol. The Labute approximate surface area is 109 Å². The maximum absolute atomic E-state index is 5.80. The molecular formula is C14H21ClN2. The number of nitrogens with one attached hydrogen (secondary N) is 1. The second kappa shape index (κ2) is 8.29. The number of alkyl halides is 1. The maximum Gasteiger partial charge on any atom is 0.0505 e. The molecule has 0 aliphatic carbocycles. The molecule has 94 valence electrons. The predicted octanol–water partition coefficient (Wildman–Crippen LogP) is 2.85. The number of hydrogen-bond acceptors (Lipinski definition) is 2. The van der Waals surface area contributed by atoms with Gasteiger partial charge in [0.1, 0.15) is 0 Å². The Balaban J connectivity index is 2.64. The van der Waals surface area contributed by atoms with Crippen molar-refractivity contribution < 1.29 is 0 Å². The third-order valence-electron chi connectivity index (χ3n) is 2.78. The molecule has 0 amide bonds. The van der Waals surface area contributed by atoms with E-state index in [0.29, 0.717) is 18.5 Å². The zero-order chi connectivity index (χ0) is 12.5. The lowest BCUT2D eigenvalue weighted by molar-refractivity contribution is 0.446. The zero-order valence-electron chi connectivity index (χ0n) is 10.1. The summed E-state index contributed by atoms with van der Waals surface area (Å²) in [6.07, 6.45) is 3.78. The van der Waals surface area contributed by atoms with Crippen LogP contribution >= 0.6 is 11.6 Å². The van der Waals surface area contributed by atoms with E-state index in [-0.39, 0.29) is 6.04 Å². The minimum absolute atomic E-state index is 0.163. The van der Waals surface area contributed by atoms with Crippen molar-refractivity contribution >= 4 is 11.6 Å². The standard InChI is InChI=1S/C14H21ClN2/c1-2-14(12-6-4-3-5-7-12)17-13(8-10-15)9-11-16/h2-7,13-14,17H,1,8-11,16H2. The number of halogens is 1. The van der Waals surface area contributed by atoms with Crippen molar-refractivity contribution in [1.29, 1.82) is 0 Å². The van der Waals surface area contributed by atoms with Crippen molar-refractivity contribution in [1.82, 2.24) is 5.32 Å². The highest BCUT2D eigenvalue weighted by Gasteiger charge is 2.13. The Hall–Kier alpha value is -0.830. The molecule has 1 aromatic carbocycles. The maximum atomic E-state index is 5.80. The number of rotatable bonds is 8. The van der Waals surface area contributed by atoms with E-state index in [1.54, 1.807) is 0 Å². The highest BCUT2D eigenvalue weighted by molar-refractivity contribution is 6.17. The Bertz CT molecular complexity index is 307. The highest BCUT2D eigenvalue weighted by Crippen LogP contribution is 2.15. The van der Waals surface area contributed by atoms with Gasteiger partial charge in [-0.15, -0.1) is 18.2 Å². The summed E-state index contributed by atoms with van der Waals surface area (Å²) < 4.78 is 0. The van der Waals surface area contributed by atoms with Gasteiger partial charge in [-0.2, -0.15) is 0 Å². The summed E-state index contributed by atoms with van der Waals surface area (Å²) in [6.45, 7) is 4.56. The molecule has 0 heterocycles. The van der Waals surface area contributed by atoms with Gasteiger partial charge in [0.15, 0.2) is 0 Å². The molecule has 1 aromatic rings. The third kappa shape index (κ3) is 4.90. The molecule has 0 aromatic heterocycles. The van der Waals surface area contributed by atoms with Crippen molar-refractivity contribution in [2.45, 2.75) is 24.9 Å². The predicted molar refractivity (Wildman–Crippen MR) is 75.3 cm³/mol. The van der Waals surface area contributed by atoms with Crippen LogP contribution in [0.15, 0.2) is 43.0 Å². The van der Waals surface area contributed by atoms with E-state index in [1.165, 1.54) is 5.56 Å². The first-order valence-corrected chi connectivity index (χ1v) is 6.54. The van der Waals surface area contributed by atoms with Crippen LogP contribution in [-0.2, 0) is 0 Å². The molecule has 0 aliphatic rings. The summed E-state index contributed by atoms with van der Waals surface area (Å²) in [5.74, 6) is 0.649. The van der Waals surface area contributed by atoms with E-state index >= 15 is 0 Å². The average Bonchev–Trinajstić information content (AvgIpc) is 2.37. The fourth-order valence-electron chi connectivity index (χ4n) is 1.86. The SMILES string of the molecule is C=CC(NC(CCN)CCCl)c1ccccc1. The third-order valence-corrected chi connectivity index (χ3v) is 3.00. The minimum atomic E-state index is 0.163. The Kier molecular flexibility index (Phi) is 6.94. The molecule has 3 heteroatoms. The monoisotopic (exact) mass is 252 g/mol. The van der Waals surface area contributed by atoms with Gasteiger partial charge in [-0.05, 0) is 24.9 Å².